The lowest BCUT2D eigenvalue weighted by Crippen LogP contribution is -2.43. The molecule has 0 saturated heterocycles. The summed E-state index contributed by atoms with van der Waals surface area (Å²) in [5.41, 5.74) is 0.812. The van der Waals surface area contributed by atoms with E-state index in [2.05, 4.69) is 5.32 Å². The molecule has 26 heavy (non-hydrogen) atoms. The van der Waals surface area contributed by atoms with E-state index < -0.39 is 23.8 Å². The smallest absolute Gasteiger partial charge is 0.408 e. The molecule has 0 bridgehead atoms. The van der Waals surface area contributed by atoms with Gasteiger partial charge in [-0.1, -0.05) is 60.7 Å². The maximum Gasteiger partial charge on any atom is 0.408 e. The molecule has 0 aliphatic carbocycles. The minimum atomic E-state index is -1.02. The van der Waals surface area contributed by atoms with Crippen LogP contribution in [0.15, 0.2) is 60.7 Å². The normalized spacial score (nSPS) is 13.5. The van der Waals surface area contributed by atoms with Gasteiger partial charge in [-0.25, -0.2) is 4.79 Å². The van der Waals surface area contributed by atoms with E-state index in [0.717, 1.165) is 5.56 Å². The van der Waals surface area contributed by atoms with Crippen LogP contribution in [0.3, 0.4) is 0 Å². The summed E-state index contributed by atoms with van der Waals surface area (Å²) in [7, 11) is 0. The molecule has 0 aliphatic rings. The summed E-state index contributed by atoms with van der Waals surface area (Å²) in [6.45, 7) is 5.25. The van der Waals surface area contributed by atoms with E-state index in [4.69, 9.17) is 4.74 Å². The number of ether oxygens (including phenoxy) is 1. The van der Waals surface area contributed by atoms with Gasteiger partial charge in [-0.2, -0.15) is 0 Å². The number of carbonyl (C=O) groups excluding carboxylic acids is 1. The zero-order valence-corrected chi connectivity index (χ0v) is 15.2. The van der Waals surface area contributed by atoms with Crippen molar-refractivity contribution in [3.63, 3.8) is 0 Å². The first-order chi connectivity index (χ1) is 12.3. The van der Waals surface area contributed by atoms with E-state index in [0.29, 0.717) is 5.56 Å². The van der Waals surface area contributed by atoms with Gasteiger partial charge in [-0.05, 0) is 31.9 Å². The van der Waals surface area contributed by atoms with Crippen molar-refractivity contribution in [2.45, 2.75) is 44.9 Å². The summed E-state index contributed by atoms with van der Waals surface area (Å²) in [6.07, 6.45) is -0.477. The number of nitro groups is 1. The number of rotatable bonds is 6. The van der Waals surface area contributed by atoms with E-state index in [1.54, 1.807) is 45.0 Å². The van der Waals surface area contributed by atoms with E-state index >= 15 is 0 Å². The van der Waals surface area contributed by atoms with Gasteiger partial charge in [0.25, 0.3) is 0 Å². The summed E-state index contributed by atoms with van der Waals surface area (Å²) in [4.78, 5) is 23.7. The van der Waals surface area contributed by atoms with Gasteiger partial charge < -0.3 is 10.1 Å². The Kier molecular flexibility index (Phi) is 6.33. The lowest BCUT2D eigenvalue weighted by atomic mass is 9.94. The van der Waals surface area contributed by atoms with E-state index in [1.807, 2.05) is 36.4 Å². The molecule has 0 saturated carbocycles. The van der Waals surface area contributed by atoms with E-state index in [1.165, 1.54) is 0 Å². The van der Waals surface area contributed by atoms with Crippen molar-refractivity contribution < 1.29 is 14.5 Å². The van der Waals surface area contributed by atoms with Gasteiger partial charge in [0.1, 0.15) is 11.6 Å². The molecule has 2 rings (SSSR count). The largest absolute Gasteiger partial charge is 0.444 e. The molecule has 2 atom stereocenters. The second-order valence-electron chi connectivity index (χ2n) is 7.08. The monoisotopic (exact) mass is 356 g/mol. The van der Waals surface area contributed by atoms with Crippen LogP contribution in [0.1, 0.15) is 37.9 Å². The fourth-order valence-corrected chi connectivity index (χ4v) is 2.67. The Bertz CT molecular complexity index is 726. The average molecular weight is 356 g/mol. The number of hydrogen-bond donors (Lipinski definition) is 1. The third-order valence-electron chi connectivity index (χ3n) is 3.77. The van der Waals surface area contributed by atoms with Crippen molar-refractivity contribution in [1.82, 2.24) is 5.32 Å². The first kappa shape index (κ1) is 19.4. The molecule has 1 N–H and O–H groups in total. The second-order valence-corrected chi connectivity index (χ2v) is 7.08. The van der Waals surface area contributed by atoms with Crippen LogP contribution < -0.4 is 5.32 Å². The van der Waals surface area contributed by atoms with E-state index in [9.17, 15) is 14.9 Å². The average Bonchev–Trinajstić information content (AvgIpc) is 2.58. The predicted octanol–water partition coefficient (Wildman–Crippen LogP) is 4.14. The Morgan fingerprint density at radius 2 is 1.62 bits per heavy atom. The van der Waals surface area contributed by atoms with Crippen LogP contribution >= 0.6 is 0 Å². The Morgan fingerprint density at radius 3 is 2.12 bits per heavy atom. The highest BCUT2D eigenvalue weighted by Gasteiger charge is 2.35. The van der Waals surface area contributed by atoms with Crippen LogP contribution in [0.4, 0.5) is 4.79 Å². The fraction of sp³-hybridized carbons (Fsp3) is 0.350. The first-order valence-corrected chi connectivity index (χ1v) is 8.48. The molecule has 0 aliphatic heterocycles. The molecule has 0 heterocycles. The topological polar surface area (TPSA) is 81.5 Å². The number of hydrogen-bond acceptors (Lipinski definition) is 4. The summed E-state index contributed by atoms with van der Waals surface area (Å²) in [5, 5.41) is 14.5. The Morgan fingerprint density at radius 1 is 1.08 bits per heavy atom. The molecule has 2 aromatic rings. The van der Waals surface area contributed by atoms with Gasteiger partial charge in [0.05, 0.1) is 0 Å². The SMILES string of the molecule is CC(C)(C)OC(=O)N[C@@H](c1ccccc1)[C@H](Cc1ccccc1)[N+](=O)[O-]. The standard InChI is InChI=1S/C20H24N2O4/c1-20(2,3)26-19(23)21-18(16-12-8-5-9-13-16)17(22(24)25)14-15-10-6-4-7-11-15/h4-13,17-18H,14H2,1-3H3,(H,21,23)/t17-,18-/m0/s1. The number of benzene rings is 2. The minimum absolute atomic E-state index is 0.198. The van der Waals surface area contributed by atoms with Crippen LogP contribution in [0.2, 0.25) is 0 Å². The predicted molar refractivity (Wildman–Crippen MR) is 99.5 cm³/mol. The number of carbonyl (C=O) groups is 1. The molecule has 6 heteroatoms. The third kappa shape index (κ3) is 5.88. The lowest BCUT2D eigenvalue weighted by Gasteiger charge is -2.25. The molecular formula is C20H24N2O4. The zero-order chi connectivity index (χ0) is 19.2. The molecule has 0 spiro atoms. The second kappa shape index (κ2) is 8.47. The van der Waals surface area contributed by atoms with Crippen LogP contribution in [-0.4, -0.2) is 22.7 Å². The van der Waals surface area contributed by atoms with Crippen LogP contribution in [0.5, 0.6) is 0 Å². The number of nitrogens with zero attached hydrogens (tertiary/aromatic N) is 1. The number of amides is 1. The van der Waals surface area contributed by atoms with E-state index in [-0.39, 0.29) is 11.3 Å². The molecule has 1 amide bonds. The molecule has 0 radical (unpaired) electrons. The maximum absolute atomic E-state index is 12.3. The molecule has 0 unspecified atom stereocenters. The van der Waals surface area contributed by atoms with Crippen LogP contribution in [0.25, 0.3) is 0 Å². The fourth-order valence-electron chi connectivity index (χ4n) is 2.67. The van der Waals surface area contributed by atoms with Crippen molar-refractivity contribution in [2.24, 2.45) is 0 Å². The summed E-state index contributed by atoms with van der Waals surface area (Å²) < 4.78 is 5.30. The van der Waals surface area contributed by atoms with Gasteiger partial charge >= 0.3 is 6.09 Å². The van der Waals surface area contributed by atoms with Gasteiger partial charge in [0.15, 0.2) is 0 Å². The molecule has 6 nitrogen and oxygen atoms in total. The van der Waals surface area contributed by atoms with Crippen molar-refractivity contribution in [3.8, 4) is 0 Å². The van der Waals surface area contributed by atoms with Gasteiger partial charge in [-0.15, -0.1) is 0 Å². The van der Waals surface area contributed by atoms with Gasteiger partial charge in [-0.3, -0.25) is 10.1 Å². The summed E-state index contributed by atoms with van der Waals surface area (Å²) in [5.74, 6) is 0. The molecule has 2 aromatic carbocycles. The highest BCUT2D eigenvalue weighted by atomic mass is 16.6. The molecule has 138 valence electrons. The lowest BCUT2D eigenvalue weighted by molar-refractivity contribution is -0.527. The minimum Gasteiger partial charge on any atom is -0.444 e. The van der Waals surface area contributed by atoms with Crippen LogP contribution in [0, 0.1) is 10.1 Å². The molecule has 0 fully saturated rings. The number of alkyl carbamates (subject to hydrolysis) is 1. The Balaban J connectivity index is 2.30. The van der Waals surface area contributed by atoms with Crippen molar-refractivity contribution in [1.29, 1.82) is 0 Å². The summed E-state index contributed by atoms with van der Waals surface area (Å²) >= 11 is 0. The third-order valence-corrected chi connectivity index (χ3v) is 3.77. The zero-order valence-electron chi connectivity index (χ0n) is 15.2. The van der Waals surface area contributed by atoms with Crippen molar-refractivity contribution in [2.75, 3.05) is 0 Å². The highest BCUT2D eigenvalue weighted by Crippen LogP contribution is 2.23. The molecular weight excluding hydrogens is 332 g/mol. The van der Waals surface area contributed by atoms with Crippen molar-refractivity contribution >= 4 is 6.09 Å². The summed E-state index contributed by atoms with van der Waals surface area (Å²) in [6, 6.07) is 16.3. The number of nitrogens with one attached hydrogen (secondary N) is 1. The molecule has 0 aromatic heterocycles. The van der Waals surface area contributed by atoms with Gasteiger partial charge in [0.2, 0.25) is 6.04 Å². The maximum atomic E-state index is 12.3. The Labute approximate surface area is 153 Å². The highest BCUT2D eigenvalue weighted by molar-refractivity contribution is 5.68. The van der Waals surface area contributed by atoms with Gasteiger partial charge in [0, 0.05) is 11.3 Å². The van der Waals surface area contributed by atoms with Crippen LogP contribution in [-0.2, 0) is 11.2 Å². The van der Waals surface area contributed by atoms with Crippen molar-refractivity contribution in [3.05, 3.63) is 81.9 Å². The first-order valence-electron chi connectivity index (χ1n) is 8.48. The Hall–Kier alpha value is -2.89. The quantitative estimate of drug-likeness (QED) is 0.623.